The van der Waals surface area contributed by atoms with E-state index >= 15 is 0 Å². The van der Waals surface area contributed by atoms with Crippen molar-refractivity contribution in [2.24, 2.45) is 0 Å². The van der Waals surface area contributed by atoms with Gasteiger partial charge in [0.05, 0.1) is 17.5 Å². The first-order chi connectivity index (χ1) is 10.2. The summed E-state index contributed by atoms with van der Waals surface area (Å²) in [4.78, 5) is 12.4. The van der Waals surface area contributed by atoms with Crippen LogP contribution in [-0.2, 0) is 0 Å². The van der Waals surface area contributed by atoms with Crippen LogP contribution in [0.3, 0.4) is 0 Å². The Hall–Kier alpha value is -1.92. The van der Waals surface area contributed by atoms with Gasteiger partial charge in [0.1, 0.15) is 5.82 Å². The first kappa shape index (κ1) is 16.5. The maximum Gasteiger partial charge on any atom is 0.255 e. The molecular formula is C15H18ClFN4O. The molecule has 1 saturated heterocycles. The van der Waals surface area contributed by atoms with Crippen molar-refractivity contribution in [1.82, 2.24) is 20.8 Å². The van der Waals surface area contributed by atoms with Crippen LogP contribution in [0.1, 0.15) is 23.2 Å². The number of halogens is 2. The van der Waals surface area contributed by atoms with Crippen molar-refractivity contribution in [3.05, 3.63) is 41.8 Å². The summed E-state index contributed by atoms with van der Waals surface area (Å²) >= 11 is 0. The molecule has 0 spiro atoms. The Labute approximate surface area is 134 Å². The Morgan fingerprint density at radius 2 is 2.09 bits per heavy atom. The van der Waals surface area contributed by atoms with Gasteiger partial charge >= 0.3 is 0 Å². The number of rotatable bonds is 3. The summed E-state index contributed by atoms with van der Waals surface area (Å²) in [5.41, 5.74) is 1.82. The lowest BCUT2D eigenvalue weighted by Gasteiger charge is -2.23. The summed E-state index contributed by atoms with van der Waals surface area (Å²) in [6, 6.07) is 6.12. The van der Waals surface area contributed by atoms with Crippen LogP contribution in [0, 0.1) is 5.82 Å². The summed E-state index contributed by atoms with van der Waals surface area (Å²) < 4.78 is 13.0. The number of amides is 1. The van der Waals surface area contributed by atoms with Crippen LogP contribution >= 0.6 is 12.4 Å². The van der Waals surface area contributed by atoms with Gasteiger partial charge in [-0.15, -0.1) is 12.4 Å². The molecule has 0 aliphatic carbocycles. The van der Waals surface area contributed by atoms with Crippen molar-refractivity contribution < 1.29 is 9.18 Å². The topological polar surface area (TPSA) is 69.8 Å². The first-order valence-electron chi connectivity index (χ1n) is 7.05. The molecule has 7 heteroatoms. The molecule has 0 saturated carbocycles. The van der Waals surface area contributed by atoms with Crippen LogP contribution in [0.25, 0.3) is 11.3 Å². The zero-order valence-electron chi connectivity index (χ0n) is 11.9. The van der Waals surface area contributed by atoms with Gasteiger partial charge in [0.2, 0.25) is 0 Å². The van der Waals surface area contributed by atoms with Gasteiger partial charge in [0, 0.05) is 18.2 Å². The zero-order chi connectivity index (χ0) is 14.7. The molecule has 1 aliphatic rings. The predicted octanol–water partition coefficient (Wildman–Crippen LogP) is 2.12. The number of carbonyl (C=O) groups excluding carboxylic acids is 1. The average Bonchev–Trinajstić information content (AvgIpc) is 2.98. The Morgan fingerprint density at radius 3 is 2.77 bits per heavy atom. The van der Waals surface area contributed by atoms with E-state index in [4.69, 9.17) is 0 Å². The van der Waals surface area contributed by atoms with E-state index in [-0.39, 0.29) is 30.2 Å². The number of benzene rings is 1. The molecule has 0 bridgehead atoms. The minimum Gasteiger partial charge on any atom is -0.348 e. The number of aromatic amines is 1. The highest BCUT2D eigenvalue weighted by Gasteiger charge is 2.20. The van der Waals surface area contributed by atoms with E-state index in [9.17, 15) is 9.18 Å². The molecule has 118 valence electrons. The summed E-state index contributed by atoms with van der Waals surface area (Å²) in [5.74, 6) is -0.464. The third-order valence-electron chi connectivity index (χ3n) is 3.65. The molecule has 3 rings (SSSR count). The predicted molar refractivity (Wildman–Crippen MR) is 84.6 cm³/mol. The van der Waals surface area contributed by atoms with Crippen LogP contribution in [0.2, 0.25) is 0 Å². The van der Waals surface area contributed by atoms with E-state index in [1.165, 1.54) is 18.3 Å². The number of piperidine rings is 1. The van der Waals surface area contributed by atoms with Crippen molar-refractivity contribution in [3.63, 3.8) is 0 Å². The number of carbonyl (C=O) groups is 1. The normalized spacial score (nSPS) is 17.6. The molecule has 1 aromatic heterocycles. The Kier molecular flexibility index (Phi) is 5.51. The fraction of sp³-hybridized carbons (Fsp3) is 0.333. The van der Waals surface area contributed by atoms with Gasteiger partial charge in [-0.05, 0) is 43.7 Å². The summed E-state index contributed by atoms with van der Waals surface area (Å²) in [7, 11) is 0. The molecule has 1 amide bonds. The Balaban J connectivity index is 0.00000176. The SMILES string of the molecule is Cl.O=C(N[C@H]1CCCNC1)c1cn[nH]c1-c1ccc(F)cc1. The summed E-state index contributed by atoms with van der Waals surface area (Å²) in [6.07, 6.45) is 3.54. The van der Waals surface area contributed by atoms with Crippen molar-refractivity contribution in [1.29, 1.82) is 0 Å². The molecule has 2 heterocycles. The second kappa shape index (κ2) is 7.38. The van der Waals surface area contributed by atoms with Gasteiger partial charge < -0.3 is 10.6 Å². The fourth-order valence-corrected chi connectivity index (χ4v) is 2.53. The van der Waals surface area contributed by atoms with Crippen LogP contribution < -0.4 is 10.6 Å². The second-order valence-corrected chi connectivity index (χ2v) is 5.18. The fourth-order valence-electron chi connectivity index (χ4n) is 2.53. The van der Waals surface area contributed by atoms with Crippen molar-refractivity contribution in [3.8, 4) is 11.3 Å². The van der Waals surface area contributed by atoms with E-state index in [2.05, 4.69) is 20.8 Å². The highest BCUT2D eigenvalue weighted by molar-refractivity contribution is 5.99. The van der Waals surface area contributed by atoms with Crippen LogP contribution in [0.4, 0.5) is 4.39 Å². The van der Waals surface area contributed by atoms with E-state index in [0.717, 1.165) is 31.5 Å². The second-order valence-electron chi connectivity index (χ2n) is 5.18. The summed E-state index contributed by atoms with van der Waals surface area (Å²) in [6.45, 7) is 1.79. The molecule has 22 heavy (non-hydrogen) atoms. The van der Waals surface area contributed by atoms with E-state index in [1.807, 2.05) is 0 Å². The molecule has 2 aromatic rings. The smallest absolute Gasteiger partial charge is 0.255 e. The number of hydrogen-bond acceptors (Lipinski definition) is 3. The number of nitrogens with one attached hydrogen (secondary N) is 3. The molecule has 1 fully saturated rings. The van der Waals surface area contributed by atoms with Gasteiger partial charge in [-0.25, -0.2) is 4.39 Å². The standard InChI is InChI=1S/C15H17FN4O.ClH/c16-11-5-3-10(4-6-11)14-13(9-18-20-14)15(21)19-12-2-1-7-17-8-12;/h3-6,9,12,17H,1-2,7-8H2,(H,18,20)(H,19,21);1H/t12-;/m0./s1. The van der Waals surface area contributed by atoms with Crippen molar-refractivity contribution in [2.45, 2.75) is 18.9 Å². The van der Waals surface area contributed by atoms with Gasteiger partial charge in [-0.1, -0.05) is 0 Å². The van der Waals surface area contributed by atoms with E-state index < -0.39 is 0 Å². The van der Waals surface area contributed by atoms with E-state index in [1.54, 1.807) is 12.1 Å². The van der Waals surface area contributed by atoms with E-state index in [0.29, 0.717) is 11.3 Å². The quantitative estimate of drug-likeness (QED) is 0.810. The molecule has 1 atom stereocenters. The Morgan fingerprint density at radius 1 is 1.32 bits per heavy atom. The molecule has 0 unspecified atom stereocenters. The molecular weight excluding hydrogens is 307 g/mol. The average molecular weight is 325 g/mol. The van der Waals surface area contributed by atoms with Crippen LogP contribution in [0.5, 0.6) is 0 Å². The molecule has 0 radical (unpaired) electrons. The molecule has 3 N–H and O–H groups in total. The highest BCUT2D eigenvalue weighted by atomic mass is 35.5. The third-order valence-corrected chi connectivity index (χ3v) is 3.65. The van der Waals surface area contributed by atoms with Gasteiger partial charge in [-0.2, -0.15) is 5.10 Å². The minimum atomic E-state index is -0.308. The lowest BCUT2D eigenvalue weighted by Crippen LogP contribution is -2.45. The minimum absolute atomic E-state index is 0. The lowest BCUT2D eigenvalue weighted by atomic mass is 10.1. The first-order valence-corrected chi connectivity index (χ1v) is 7.05. The maximum atomic E-state index is 13.0. The van der Waals surface area contributed by atoms with Crippen molar-refractivity contribution >= 4 is 18.3 Å². The monoisotopic (exact) mass is 324 g/mol. The zero-order valence-corrected chi connectivity index (χ0v) is 12.8. The molecule has 1 aliphatic heterocycles. The number of hydrogen-bond donors (Lipinski definition) is 3. The van der Waals surface area contributed by atoms with Gasteiger partial charge in [0.15, 0.2) is 0 Å². The lowest BCUT2D eigenvalue weighted by molar-refractivity contribution is 0.0931. The van der Waals surface area contributed by atoms with Gasteiger partial charge in [0.25, 0.3) is 5.91 Å². The number of aromatic nitrogens is 2. The Bertz CT molecular complexity index is 623. The van der Waals surface area contributed by atoms with Crippen LogP contribution in [0.15, 0.2) is 30.5 Å². The summed E-state index contributed by atoms with van der Waals surface area (Å²) in [5, 5.41) is 13.0. The maximum absolute atomic E-state index is 13.0. The number of nitrogens with zero attached hydrogens (tertiary/aromatic N) is 1. The largest absolute Gasteiger partial charge is 0.348 e. The third kappa shape index (κ3) is 3.64. The van der Waals surface area contributed by atoms with Crippen LogP contribution in [-0.4, -0.2) is 35.2 Å². The number of H-pyrrole nitrogens is 1. The molecule has 5 nitrogen and oxygen atoms in total. The van der Waals surface area contributed by atoms with Crippen molar-refractivity contribution in [2.75, 3.05) is 13.1 Å². The highest BCUT2D eigenvalue weighted by Crippen LogP contribution is 2.21. The molecule has 1 aromatic carbocycles. The van der Waals surface area contributed by atoms with Gasteiger partial charge in [-0.3, -0.25) is 9.89 Å².